The fourth-order valence-electron chi connectivity index (χ4n) is 3.28. The van der Waals surface area contributed by atoms with Gasteiger partial charge < -0.3 is 15.0 Å². The Hall–Kier alpha value is -3.63. The standard InChI is InChI=1S/C24H23N5O3S2/c1-28(2)23(31)16-8-6-9-17(14-16)25-21(30)15-34-24-27-26-22(20-12-7-13-33-20)29(24)18-10-4-5-11-19(18)32-3/h4-14H,15H2,1-3H3,(H,25,30). The van der Waals surface area contributed by atoms with E-state index < -0.39 is 0 Å². The van der Waals surface area contributed by atoms with E-state index in [1.165, 1.54) is 16.7 Å². The Bertz CT molecular complexity index is 1300. The van der Waals surface area contributed by atoms with Crippen LogP contribution in [0.25, 0.3) is 16.4 Å². The maximum Gasteiger partial charge on any atom is 0.253 e. The van der Waals surface area contributed by atoms with Gasteiger partial charge in [-0.15, -0.1) is 21.5 Å². The van der Waals surface area contributed by atoms with E-state index in [9.17, 15) is 9.59 Å². The van der Waals surface area contributed by atoms with Crippen molar-refractivity contribution in [3.63, 3.8) is 0 Å². The number of aromatic nitrogens is 3. The molecular formula is C24H23N5O3S2. The van der Waals surface area contributed by atoms with E-state index in [0.29, 0.717) is 28.0 Å². The average Bonchev–Trinajstić information content (AvgIpc) is 3.52. The molecule has 174 valence electrons. The van der Waals surface area contributed by atoms with Crippen LogP contribution >= 0.6 is 23.1 Å². The molecule has 34 heavy (non-hydrogen) atoms. The zero-order chi connectivity index (χ0) is 24.1. The lowest BCUT2D eigenvalue weighted by Crippen LogP contribution is -2.22. The second kappa shape index (κ2) is 10.5. The van der Waals surface area contributed by atoms with E-state index in [2.05, 4.69) is 15.5 Å². The maximum atomic E-state index is 12.7. The van der Waals surface area contributed by atoms with Gasteiger partial charge in [0.25, 0.3) is 5.91 Å². The van der Waals surface area contributed by atoms with Crippen LogP contribution in [-0.4, -0.2) is 58.4 Å². The summed E-state index contributed by atoms with van der Waals surface area (Å²) in [5.74, 6) is 1.12. The summed E-state index contributed by atoms with van der Waals surface area (Å²) in [5, 5.41) is 14.1. The van der Waals surface area contributed by atoms with Crippen LogP contribution in [0.5, 0.6) is 5.75 Å². The highest BCUT2D eigenvalue weighted by Crippen LogP contribution is 2.34. The van der Waals surface area contributed by atoms with Crippen molar-refractivity contribution in [1.82, 2.24) is 19.7 Å². The summed E-state index contributed by atoms with van der Waals surface area (Å²) in [6.45, 7) is 0. The third-order valence-electron chi connectivity index (χ3n) is 4.83. The van der Waals surface area contributed by atoms with Crippen LogP contribution in [-0.2, 0) is 4.79 Å². The molecule has 4 aromatic rings. The molecule has 0 aliphatic rings. The number of carbonyl (C=O) groups excluding carboxylic acids is 2. The van der Waals surface area contributed by atoms with Gasteiger partial charge >= 0.3 is 0 Å². The summed E-state index contributed by atoms with van der Waals surface area (Å²) in [4.78, 5) is 27.3. The highest BCUT2D eigenvalue weighted by molar-refractivity contribution is 7.99. The number of nitrogens with zero attached hydrogens (tertiary/aromatic N) is 4. The Kier molecular flexibility index (Phi) is 7.29. The van der Waals surface area contributed by atoms with Crippen molar-refractivity contribution in [2.45, 2.75) is 5.16 Å². The number of rotatable bonds is 8. The Morgan fingerprint density at radius 1 is 1.09 bits per heavy atom. The van der Waals surface area contributed by atoms with Crippen LogP contribution in [0.15, 0.2) is 71.2 Å². The zero-order valence-corrected chi connectivity index (χ0v) is 20.5. The summed E-state index contributed by atoms with van der Waals surface area (Å²) in [6.07, 6.45) is 0. The van der Waals surface area contributed by atoms with Crippen molar-refractivity contribution in [3.05, 3.63) is 71.6 Å². The Morgan fingerprint density at radius 3 is 2.65 bits per heavy atom. The van der Waals surface area contributed by atoms with Crippen LogP contribution < -0.4 is 10.1 Å². The quantitative estimate of drug-likeness (QED) is 0.365. The van der Waals surface area contributed by atoms with Gasteiger partial charge in [0.15, 0.2) is 11.0 Å². The van der Waals surface area contributed by atoms with Gasteiger partial charge in [0.2, 0.25) is 5.91 Å². The molecule has 1 N–H and O–H groups in total. The van der Waals surface area contributed by atoms with Gasteiger partial charge in [0.05, 0.1) is 23.4 Å². The number of thiophene rings is 1. The molecule has 0 bridgehead atoms. The van der Waals surface area contributed by atoms with Crippen molar-refractivity contribution < 1.29 is 14.3 Å². The first-order valence-corrected chi connectivity index (χ1v) is 12.2. The number of methoxy groups -OCH3 is 1. The first-order chi connectivity index (χ1) is 16.5. The molecule has 0 atom stereocenters. The monoisotopic (exact) mass is 493 g/mol. The molecule has 10 heteroatoms. The van der Waals surface area contributed by atoms with Crippen LogP contribution in [0.4, 0.5) is 5.69 Å². The van der Waals surface area contributed by atoms with E-state index >= 15 is 0 Å². The molecule has 0 saturated heterocycles. The van der Waals surface area contributed by atoms with Crippen LogP contribution in [0.1, 0.15) is 10.4 Å². The van der Waals surface area contributed by atoms with E-state index in [0.717, 1.165) is 10.6 Å². The van der Waals surface area contributed by atoms with Crippen molar-refractivity contribution >= 4 is 40.6 Å². The first-order valence-electron chi connectivity index (χ1n) is 10.3. The fourth-order valence-corrected chi connectivity index (χ4v) is 4.72. The third-order valence-corrected chi connectivity index (χ3v) is 6.63. The largest absolute Gasteiger partial charge is 0.495 e. The SMILES string of the molecule is COc1ccccc1-n1c(SCC(=O)Nc2cccc(C(=O)N(C)C)c2)nnc1-c1cccs1. The van der Waals surface area contributed by atoms with Crippen molar-refractivity contribution in [2.24, 2.45) is 0 Å². The Morgan fingerprint density at radius 2 is 1.91 bits per heavy atom. The molecule has 2 amide bonds. The van der Waals surface area contributed by atoms with E-state index in [1.54, 1.807) is 56.8 Å². The van der Waals surface area contributed by atoms with Crippen molar-refractivity contribution in [2.75, 3.05) is 32.3 Å². The van der Waals surface area contributed by atoms with Gasteiger partial charge in [-0.3, -0.25) is 14.2 Å². The minimum atomic E-state index is -0.216. The predicted molar refractivity (Wildman–Crippen MR) is 135 cm³/mol. The summed E-state index contributed by atoms with van der Waals surface area (Å²) in [6, 6.07) is 18.4. The Labute approximate surface area is 205 Å². The number of anilines is 1. The van der Waals surface area contributed by atoms with Gasteiger partial charge in [0.1, 0.15) is 5.75 Å². The lowest BCUT2D eigenvalue weighted by atomic mass is 10.2. The number of hydrogen-bond donors (Lipinski definition) is 1. The number of ether oxygens (including phenoxy) is 1. The lowest BCUT2D eigenvalue weighted by molar-refractivity contribution is -0.113. The molecular weight excluding hydrogens is 470 g/mol. The molecule has 0 aliphatic carbocycles. The van der Waals surface area contributed by atoms with Gasteiger partial charge in [0, 0.05) is 25.3 Å². The fraction of sp³-hybridized carbons (Fsp3) is 0.167. The number of benzene rings is 2. The molecule has 0 unspecified atom stereocenters. The lowest BCUT2D eigenvalue weighted by Gasteiger charge is -2.13. The topological polar surface area (TPSA) is 89.4 Å². The summed E-state index contributed by atoms with van der Waals surface area (Å²) in [7, 11) is 4.99. The van der Waals surface area contributed by atoms with Gasteiger partial charge in [-0.2, -0.15) is 0 Å². The van der Waals surface area contributed by atoms with Crippen LogP contribution in [0.3, 0.4) is 0 Å². The van der Waals surface area contributed by atoms with Gasteiger partial charge in [-0.25, -0.2) is 0 Å². The van der Waals surface area contributed by atoms with Gasteiger partial charge in [-0.05, 0) is 41.8 Å². The molecule has 0 radical (unpaired) electrons. The second-order valence-electron chi connectivity index (χ2n) is 7.41. The van der Waals surface area contributed by atoms with E-state index in [1.807, 2.05) is 46.3 Å². The van der Waals surface area contributed by atoms with Crippen molar-refractivity contribution in [3.8, 4) is 22.1 Å². The normalized spacial score (nSPS) is 10.7. The Balaban J connectivity index is 1.55. The van der Waals surface area contributed by atoms with Crippen LogP contribution in [0, 0.1) is 0 Å². The zero-order valence-electron chi connectivity index (χ0n) is 18.9. The molecule has 0 aliphatic heterocycles. The molecule has 2 aromatic carbocycles. The van der Waals surface area contributed by atoms with E-state index in [-0.39, 0.29) is 17.6 Å². The summed E-state index contributed by atoms with van der Waals surface area (Å²) in [5.41, 5.74) is 1.85. The second-order valence-corrected chi connectivity index (χ2v) is 9.30. The number of nitrogens with one attached hydrogen (secondary N) is 1. The minimum absolute atomic E-state index is 0.115. The summed E-state index contributed by atoms with van der Waals surface area (Å²) < 4.78 is 7.46. The predicted octanol–water partition coefficient (Wildman–Crippen LogP) is 4.44. The average molecular weight is 494 g/mol. The molecule has 8 nitrogen and oxygen atoms in total. The van der Waals surface area contributed by atoms with Crippen molar-refractivity contribution in [1.29, 1.82) is 0 Å². The minimum Gasteiger partial charge on any atom is -0.495 e. The van der Waals surface area contributed by atoms with E-state index in [4.69, 9.17) is 4.74 Å². The maximum absolute atomic E-state index is 12.7. The van der Waals surface area contributed by atoms with Crippen LogP contribution in [0.2, 0.25) is 0 Å². The number of para-hydroxylation sites is 2. The molecule has 2 heterocycles. The molecule has 4 rings (SSSR count). The smallest absolute Gasteiger partial charge is 0.253 e. The summed E-state index contributed by atoms with van der Waals surface area (Å²) >= 11 is 2.83. The number of amides is 2. The number of hydrogen-bond acceptors (Lipinski definition) is 7. The molecule has 0 spiro atoms. The highest BCUT2D eigenvalue weighted by atomic mass is 32.2. The first kappa shape index (κ1) is 23.5. The third kappa shape index (κ3) is 5.13. The molecule has 0 fully saturated rings. The highest BCUT2D eigenvalue weighted by Gasteiger charge is 2.20. The number of carbonyl (C=O) groups is 2. The molecule has 0 saturated carbocycles. The molecule has 2 aromatic heterocycles. The van der Waals surface area contributed by atoms with Gasteiger partial charge in [-0.1, -0.05) is 36.0 Å². The number of thioether (sulfide) groups is 1.